The third-order valence-electron chi connectivity index (χ3n) is 3.76. The van der Waals surface area contributed by atoms with Crippen molar-refractivity contribution >= 4 is 62.4 Å². The van der Waals surface area contributed by atoms with Crippen LogP contribution in [0.3, 0.4) is 0 Å². The van der Waals surface area contributed by atoms with E-state index in [4.69, 9.17) is 23.8 Å². The molecular formula is C18H14ClN3O3S2. The van der Waals surface area contributed by atoms with Gasteiger partial charge in [0.25, 0.3) is 5.91 Å². The molecule has 1 heterocycles. The number of nitrogens with zero attached hydrogens (tertiary/aromatic N) is 2. The Kier molecular flexibility index (Phi) is 5.69. The van der Waals surface area contributed by atoms with E-state index in [9.17, 15) is 9.59 Å². The highest BCUT2D eigenvalue weighted by Gasteiger charge is 2.11. The lowest BCUT2D eigenvalue weighted by molar-refractivity contribution is 0.0600. The predicted molar refractivity (Wildman–Crippen MR) is 109 cm³/mol. The van der Waals surface area contributed by atoms with E-state index in [1.165, 1.54) is 42.7 Å². The first-order valence-electron chi connectivity index (χ1n) is 7.72. The number of methoxy groups -OCH3 is 1. The molecular weight excluding hydrogens is 406 g/mol. The van der Waals surface area contributed by atoms with E-state index >= 15 is 0 Å². The first-order valence-corrected chi connectivity index (χ1v) is 9.33. The Bertz CT molecular complexity index is 1120. The van der Waals surface area contributed by atoms with Gasteiger partial charge in [0.2, 0.25) is 5.11 Å². The summed E-state index contributed by atoms with van der Waals surface area (Å²) < 4.78 is 7.47. The fourth-order valence-corrected chi connectivity index (χ4v) is 3.91. The molecule has 1 amide bonds. The van der Waals surface area contributed by atoms with Gasteiger partial charge in [-0.05, 0) is 54.7 Å². The average Bonchev–Trinajstić information content (AvgIpc) is 2.95. The van der Waals surface area contributed by atoms with Crippen LogP contribution in [-0.2, 0) is 11.8 Å². The summed E-state index contributed by atoms with van der Waals surface area (Å²) in [4.78, 5) is 28.7. The van der Waals surface area contributed by atoms with Gasteiger partial charge in [0.15, 0.2) is 4.80 Å². The number of benzene rings is 2. The number of hydrogen-bond donors (Lipinski definition) is 1. The van der Waals surface area contributed by atoms with E-state index in [0.29, 0.717) is 21.0 Å². The van der Waals surface area contributed by atoms with Crippen LogP contribution in [0.25, 0.3) is 10.2 Å². The maximum Gasteiger partial charge on any atom is 0.337 e. The van der Waals surface area contributed by atoms with Crippen molar-refractivity contribution in [3.05, 3.63) is 63.4 Å². The molecule has 0 aliphatic heterocycles. The van der Waals surface area contributed by atoms with E-state index in [-0.39, 0.29) is 5.11 Å². The number of thiocarbonyl (C=S) groups is 1. The number of ether oxygens (including phenoxy) is 1. The summed E-state index contributed by atoms with van der Waals surface area (Å²) >= 11 is 12.6. The molecule has 27 heavy (non-hydrogen) atoms. The van der Waals surface area contributed by atoms with Crippen LogP contribution in [0.15, 0.2) is 47.5 Å². The van der Waals surface area contributed by atoms with Gasteiger partial charge >= 0.3 is 5.97 Å². The van der Waals surface area contributed by atoms with Crippen molar-refractivity contribution in [2.75, 3.05) is 7.11 Å². The van der Waals surface area contributed by atoms with E-state index in [1.54, 1.807) is 6.07 Å². The zero-order valence-electron chi connectivity index (χ0n) is 14.4. The minimum absolute atomic E-state index is 0.0466. The number of rotatable bonds is 2. The third kappa shape index (κ3) is 4.24. The Morgan fingerprint density at radius 2 is 1.85 bits per heavy atom. The summed E-state index contributed by atoms with van der Waals surface area (Å²) in [5.74, 6) is -0.878. The van der Waals surface area contributed by atoms with Crippen LogP contribution in [0.2, 0.25) is 5.02 Å². The standard InChI is InChI=1S/C18H14ClN3O3S2/c1-22-13-8-7-12(19)9-14(13)27-18(22)21-17(26)20-15(23)10-3-5-11(6-4-10)16(24)25-2/h3-9H,1-2H3,(H,20,23,26). The topological polar surface area (TPSA) is 72.7 Å². The van der Waals surface area contributed by atoms with E-state index in [0.717, 1.165) is 10.2 Å². The molecule has 0 radical (unpaired) electrons. The Balaban J connectivity index is 1.79. The number of carbonyl (C=O) groups excluding carboxylic acids is 2. The SMILES string of the molecule is COC(=O)c1ccc(C(=O)NC(=S)N=c2sc3cc(Cl)ccc3n2C)cc1. The van der Waals surface area contributed by atoms with Crippen molar-refractivity contribution in [3.63, 3.8) is 0 Å². The van der Waals surface area contributed by atoms with Gasteiger partial charge in [-0.1, -0.05) is 22.9 Å². The Morgan fingerprint density at radius 1 is 1.19 bits per heavy atom. The van der Waals surface area contributed by atoms with Gasteiger partial charge in [-0.3, -0.25) is 10.1 Å². The number of hydrogen-bond acceptors (Lipinski definition) is 5. The van der Waals surface area contributed by atoms with Gasteiger partial charge < -0.3 is 9.30 Å². The van der Waals surface area contributed by atoms with E-state index < -0.39 is 11.9 Å². The van der Waals surface area contributed by atoms with Crippen molar-refractivity contribution < 1.29 is 14.3 Å². The number of fused-ring (bicyclic) bond motifs is 1. The highest BCUT2D eigenvalue weighted by molar-refractivity contribution is 7.80. The van der Waals surface area contributed by atoms with Crippen molar-refractivity contribution in [2.24, 2.45) is 12.0 Å². The Labute approximate surface area is 169 Å². The molecule has 1 aromatic heterocycles. The molecule has 0 bridgehead atoms. The summed E-state index contributed by atoms with van der Waals surface area (Å²) in [5.41, 5.74) is 1.68. The van der Waals surface area contributed by atoms with Crippen LogP contribution in [0.4, 0.5) is 0 Å². The monoisotopic (exact) mass is 419 g/mol. The van der Waals surface area contributed by atoms with Crippen molar-refractivity contribution in [1.29, 1.82) is 0 Å². The summed E-state index contributed by atoms with van der Waals surface area (Å²) in [6.45, 7) is 0. The highest BCUT2D eigenvalue weighted by Crippen LogP contribution is 2.21. The number of aromatic nitrogens is 1. The zero-order chi connectivity index (χ0) is 19.6. The predicted octanol–water partition coefficient (Wildman–Crippen LogP) is 3.30. The van der Waals surface area contributed by atoms with Gasteiger partial charge in [0, 0.05) is 17.6 Å². The van der Waals surface area contributed by atoms with Gasteiger partial charge in [-0.15, -0.1) is 0 Å². The highest BCUT2D eigenvalue weighted by atomic mass is 35.5. The molecule has 0 saturated carbocycles. The minimum Gasteiger partial charge on any atom is -0.465 e. The van der Waals surface area contributed by atoms with Gasteiger partial charge in [-0.25, -0.2) is 4.79 Å². The number of thiazole rings is 1. The van der Waals surface area contributed by atoms with Crippen LogP contribution in [0.1, 0.15) is 20.7 Å². The van der Waals surface area contributed by atoms with Crippen LogP contribution < -0.4 is 10.1 Å². The molecule has 3 rings (SSSR count). The normalized spacial score (nSPS) is 11.4. The molecule has 3 aromatic rings. The van der Waals surface area contributed by atoms with Crippen LogP contribution in [0, 0.1) is 0 Å². The molecule has 0 atom stereocenters. The van der Waals surface area contributed by atoms with E-state index in [2.05, 4.69) is 15.0 Å². The lowest BCUT2D eigenvalue weighted by atomic mass is 10.1. The number of esters is 1. The maximum absolute atomic E-state index is 12.3. The largest absolute Gasteiger partial charge is 0.465 e. The van der Waals surface area contributed by atoms with Gasteiger partial charge in [-0.2, -0.15) is 4.99 Å². The second-order valence-electron chi connectivity index (χ2n) is 5.50. The molecule has 0 aliphatic rings. The average molecular weight is 420 g/mol. The fraction of sp³-hybridized carbons (Fsp3) is 0.111. The molecule has 1 N–H and O–H groups in total. The lowest BCUT2D eigenvalue weighted by Crippen LogP contribution is -2.29. The molecule has 6 nitrogen and oxygen atoms in total. The molecule has 2 aromatic carbocycles. The molecule has 9 heteroatoms. The Hall–Kier alpha value is -2.55. The van der Waals surface area contributed by atoms with Crippen molar-refractivity contribution in [3.8, 4) is 0 Å². The fourth-order valence-electron chi connectivity index (χ4n) is 2.37. The van der Waals surface area contributed by atoms with Crippen molar-refractivity contribution in [1.82, 2.24) is 9.88 Å². The first-order chi connectivity index (χ1) is 12.9. The lowest BCUT2D eigenvalue weighted by Gasteiger charge is -2.04. The molecule has 0 fully saturated rings. The molecule has 0 spiro atoms. The smallest absolute Gasteiger partial charge is 0.337 e. The summed E-state index contributed by atoms with van der Waals surface area (Å²) in [5, 5.41) is 3.25. The zero-order valence-corrected chi connectivity index (χ0v) is 16.7. The third-order valence-corrected chi connectivity index (χ3v) is 5.28. The second kappa shape index (κ2) is 7.99. The van der Waals surface area contributed by atoms with Gasteiger partial charge in [0.05, 0.1) is 22.9 Å². The van der Waals surface area contributed by atoms with Crippen molar-refractivity contribution in [2.45, 2.75) is 0 Å². The molecule has 0 aliphatic carbocycles. The van der Waals surface area contributed by atoms with E-state index in [1.807, 2.05) is 23.7 Å². The summed E-state index contributed by atoms with van der Waals surface area (Å²) in [6.07, 6.45) is 0. The first kappa shape index (κ1) is 19.2. The minimum atomic E-state index is -0.468. The summed E-state index contributed by atoms with van der Waals surface area (Å²) in [6, 6.07) is 11.6. The number of amides is 1. The van der Waals surface area contributed by atoms with Crippen LogP contribution in [0.5, 0.6) is 0 Å². The Morgan fingerprint density at radius 3 is 2.52 bits per heavy atom. The number of aryl methyl sites for hydroxylation is 1. The van der Waals surface area contributed by atoms with Crippen LogP contribution >= 0.6 is 35.2 Å². The number of carbonyl (C=O) groups is 2. The second-order valence-corrected chi connectivity index (χ2v) is 7.33. The number of nitrogens with one attached hydrogen (secondary N) is 1. The quantitative estimate of drug-likeness (QED) is 0.511. The molecule has 0 saturated heterocycles. The summed E-state index contributed by atoms with van der Waals surface area (Å²) in [7, 11) is 3.16. The molecule has 138 valence electrons. The molecule has 0 unspecified atom stereocenters. The number of halogens is 1. The maximum atomic E-state index is 12.3. The van der Waals surface area contributed by atoms with Crippen LogP contribution in [-0.4, -0.2) is 28.7 Å². The van der Waals surface area contributed by atoms with Gasteiger partial charge in [0.1, 0.15) is 0 Å².